The molecule has 0 saturated carbocycles. The number of hydrogen-bond acceptors (Lipinski definition) is 9. The molecule has 3 rings (SSSR count). The molecule has 3 aromatic carbocycles. The van der Waals surface area contributed by atoms with Crippen LogP contribution >= 0.6 is 11.8 Å². The van der Waals surface area contributed by atoms with Gasteiger partial charge in [-0.05, 0) is 50.7 Å². The van der Waals surface area contributed by atoms with Crippen molar-refractivity contribution in [3.63, 3.8) is 0 Å². The molecule has 0 atom stereocenters. The lowest BCUT2D eigenvalue weighted by Crippen LogP contribution is -2.06. The Bertz CT molecular complexity index is 1620. The van der Waals surface area contributed by atoms with Crippen LogP contribution in [0.4, 0.5) is 4.79 Å². The number of rotatable bonds is 51. The summed E-state index contributed by atoms with van der Waals surface area (Å²) in [6.45, 7) is 17.7. The molecule has 0 fully saturated rings. The highest BCUT2D eigenvalue weighted by Crippen LogP contribution is 2.51. The van der Waals surface area contributed by atoms with E-state index in [0.29, 0.717) is 45.4 Å². The molecule has 9 nitrogen and oxygen atoms in total. The van der Waals surface area contributed by atoms with E-state index in [-0.39, 0.29) is 0 Å². The third-order valence-electron chi connectivity index (χ3n) is 13.7. The molecule has 0 aliphatic heterocycles. The first-order valence-corrected chi connectivity index (χ1v) is 32.5. The molecule has 0 bridgehead atoms. The van der Waals surface area contributed by atoms with Crippen molar-refractivity contribution in [2.75, 3.05) is 39.6 Å². The number of benzene rings is 3. The standard InChI is InChI=1S/C60H106O6S.C7H6O3/c1-7-13-19-25-31-37-43-61-53-49-55(63-45-39-33-27-21-15-9-3)59(56(50-53)64-46-40-34-28-22-16-10-4)67-60-57(65-47-41-35-29-23-17-11-5)51-54(62-44-38-32-26-20-14-8-2)52-58(60)66-48-42-36-30-24-18-12-6;8-7(9)10-6-4-2-1-3-5-6/h49-52H,7-48H2,1-6H3;1-5H,(H,8,9). The van der Waals surface area contributed by atoms with Gasteiger partial charge >= 0.3 is 6.16 Å². The highest BCUT2D eigenvalue weighted by atomic mass is 32.2. The van der Waals surface area contributed by atoms with E-state index in [1.165, 1.54) is 193 Å². The van der Waals surface area contributed by atoms with Gasteiger partial charge in [0.05, 0.1) is 49.4 Å². The predicted molar refractivity (Wildman–Crippen MR) is 325 cm³/mol. The molecular formula is C67H112O9S. The van der Waals surface area contributed by atoms with E-state index in [4.69, 9.17) is 33.5 Å². The van der Waals surface area contributed by atoms with Gasteiger partial charge < -0.3 is 38.3 Å². The van der Waals surface area contributed by atoms with Gasteiger partial charge in [0.2, 0.25) is 0 Å². The molecular weight excluding hydrogens is 981 g/mol. The van der Waals surface area contributed by atoms with E-state index in [1.807, 2.05) is 0 Å². The van der Waals surface area contributed by atoms with Crippen LogP contribution < -0.4 is 33.2 Å². The van der Waals surface area contributed by atoms with Crippen molar-refractivity contribution in [3.05, 3.63) is 54.6 Å². The Hall–Kier alpha value is -3.92. The maximum atomic E-state index is 9.95. The lowest BCUT2D eigenvalue weighted by atomic mass is 10.1. The van der Waals surface area contributed by atoms with Crippen LogP contribution in [0.1, 0.15) is 273 Å². The molecule has 440 valence electrons. The monoisotopic (exact) mass is 1090 g/mol. The maximum Gasteiger partial charge on any atom is 0.511 e. The van der Waals surface area contributed by atoms with Gasteiger partial charge in [-0.1, -0.05) is 264 Å². The molecule has 0 radical (unpaired) electrons. The third kappa shape index (κ3) is 36.8. The summed E-state index contributed by atoms with van der Waals surface area (Å²) in [7, 11) is 0. The molecule has 0 amide bonds. The van der Waals surface area contributed by atoms with Crippen molar-refractivity contribution in [1.82, 2.24) is 0 Å². The molecule has 0 saturated heterocycles. The molecule has 0 heterocycles. The summed E-state index contributed by atoms with van der Waals surface area (Å²) in [5.41, 5.74) is 0. The molecule has 0 aliphatic carbocycles. The fourth-order valence-corrected chi connectivity index (χ4v) is 10.1. The van der Waals surface area contributed by atoms with E-state index in [9.17, 15) is 4.79 Å². The molecule has 0 aromatic heterocycles. The number of unbranched alkanes of at least 4 members (excludes halogenated alkanes) is 30. The van der Waals surface area contributed by atoms with Crippen molar-refractivity contribution in [1.29, 1.82) is 0 Å². The second-order valence-electron chi connectivity index (χ2n) is 21.0. The van der Waals surface area contributed by atoms with Crippen molar-refractivity contribution >= 4 is 17.9 Å². The Morgan fingerprint density at radius 2 is 0.558 bits per heavy atom. The zero-order valence-corrected chi connectivity index (χ0v) is 50.8. The van der Waals surface area contributed by atoms with Crippen LogP contribution in [0.15, 0.2) is 64.4 Å². The van der Waals surface area contributed by atoms with E-state index in [1.54, 1.807) is 42.1 Å². The van der Waals surface area contributed by atoms with Crippen LogP contribution in [0.3, 0.4) is 0 Å². The van der Waals surface area contributed by atoms with Crippen molar-refractivity contribution < 1.29 is 43.1 Å². The van der Waals surface area contributed by atoms with Gasteiger partial charge in [0.1, 0.15) is 40.2 Å². The Morgan fingerprint density at radius 3 is 0.805 bits per heavy atom. The summed E-state index contributed by atoms with van der Waals surface area (Å²) < 4.78 is 44.8. The first kappa shape index (κ1) is 69.2. The third-order valence-corrected chi connectivity index (χ3v) is 14.9. The quantitative estimate of drug-likeness (QED) is 0.0334. The van der Waals surface area contributed by atoms with E-state index >= 15 is 0 Å². The van der Waals surface area contributed by atoms with Gasteiger partial charge in [-0.3, -0.25) is 0 Å². The van der Waals surface area contributed by atoms with Crippen LogP contribution in [-0.2, 0) is 0 Å². The average Bonchev–Trinajstić information content (AvgIpc) is 3.43. The van der Waals surface area contributed by atoms with E-state index in [0.717, 1.165) is 82.8 Å². The Morgan fingerprint density at radius 1 is 0.325 bits per heavy atom. The smallest absolute Gasteiger partial charge is 0.493 e. The summed E-state index contributed by atoms with van der Waals surface area (Å²) in [5.74, 6) is 5.29. The summed E-state index contributed by atoms with van der Waals surface area (Å²) in [6.07, 6.45) is 42.6. The molecule has 77 heavy (non-hydrogen) atoms. The summed E-state index contributed by atoms with van der Waals surface area (Å²) >= 11 is 1.68. The number of ether oxygens (including phenoxy) is 7. The van der Waals surface area contributed by atoms with Crippen molar-refractivity contribution in [3.8, 4) is 40.2 Å². The highest BCUT2D eigenvalue weighted by molar-refractivity contribution is 7.99. The Kier molecular flexibility index (Phi) is 45.2. The van der Waals surface area contributed by atoms with Crippen molar-refractivity contribution in [2.45, 2.75) is 282 Å². The van der Waals surface area contributed by atoms with Crippen LogP contribution in [0.5, 0.6) is 40.2 Å². The lowest BCUT2D eigenvalue weighted by molar-refractivity contribution is 0.144. The van der Waals surface area contributed by atoms with Crippen LogP contribution in [0, 0.1) is 0 Å². The van der Waals surface area contributed by atoms with Crippen LogP contribution in [0.25, 0.3) is 0 Å². The number of carboxylic acid groups (broad SMARTS) is 1. The first-order chi connectivity index (χ1) is 37.9. The minimum absolute atomic E-state index is 0.343. The zero-order chi connectivity index (χ0) is 55.5. The topological polar surface area (TPSA) is 102 Å². The molecule has 3 aromatic rings. The SMILES string of the molecule is CCCCCCCCOc1cc(OCCCCCCCC)c(Sc2c(OCCCCCCCC)cc(OCCCCCCCC)cc2OCCCCCCCC)c(OCCCCCCCC)c1.O=C(O)Oc1ccccc1. The van der Waals surface area contributed by atoms with Gasteiger partial charge in [-0.25, -0.2) is 4.79 Å². The number of hydrogen-bond donors (Lipinski definition) is 1. The fourth-order valence-electron chi connectivity index (χ4n) is 9.00. The highest BCUT2D eigenvalue weighted by Gasteiger charge is 2.23. The van der Waals surface area contributed by atoms with Gasteiger partial charge in [-0.15, -0.1) is 0 Å². The zero-order valence-electron chi connectivity index (χ0n) is 50.0. The molecule has 0 aliphatic rings. The second kappa shape index (κ2) is 50.3. The van der Waals surface area contributed by atoms with Gasteiger partial charge in [0.25, 0.3) is 0 Å². The second-order valence-corrected chi connectivity index (χ2v) is 22.0. The normalized spacial score (nSPS) is 11.0. The van der Waals surface area contributed by atoms with Gasteiger partial charge in [0.15, 0.2) is 0 Å². The molecule has 10 heteroatoms. The fraction of sp³-hybridized carbons (Fsp3) is 0.716. The molecule has 0 spiro atoms. The average molecular weight is 1090 g/mol. The number of para-hydroxylation sites is 1. The van der Waals surface area contributed by atoms with Gasteiger partial charge in [-0.2, -0.15) is 0 Å². The molecule has 1 N–H and O–H groups in total. The minimum Gasteiger partial charge on any atom is -0.493 e. The van der Waals surface area contributed by atoms with Gasteiger partial charge in [0, 0.05) is 24.3 Å². The maximum absolute atomic E-state index is 9.95. The van der Waals surface area contributed by atoms with Crippen LogP contribution in [0.2, 0.25) is 0 Å². The number of carbonyl (C=O) groups is 1. The lowest BCUT2D eigenvalue weighted by Gasteiger charge is -2.22. The summed E-state index contributed by atoms with van der Waals surface area (Å²) in [5, 5.41) is 8.14. The largest absolute Gasteiger partial charge is 0.511 e. The van der Waals surface area contributed by atoms with Crippen molar-refractivity contribution in [2.24, 2.45) is 0 Å². The first-order valence-electron chi connectivity index (χ1n) is 31.7. The predicted octanol–water partition coefficient (Wildman–Crippen LogP) is 22.0. The van der Waals surface area contributed by atoms with E-state index < -0.39 is 6.16 Å². The summed E-state index contributed by atoms with van der Waals surface area (Å²) in [6, 6.07) is 16.9. The summed E-state index contributed by atoms with van der Waals surface area (Å²) in [4.78, 5) is 11.9. The Labute approximate surface area is 475 Å². The van der Waals surface area contributed by atoms with Crippen LogP contribution in [-0.4, -0.2) is 50.9 Å². The van der Waals surface area contributed by atoms with E-state index in [2.05, 4.69) is 70.5 Å². The minimum atomic E-state index is -1.29. The Balaban J connectivity index is 0.00000181. The molecule has 0 unspecified atom stereocenters.